The van der Waals surface area contributed by atoms with Crippen molar-refractivity contribution in [1.29, 1.82) is 0 Å². The second kappa shape index (κ2) is 5.43. The summed E-state index contributed by atoms with van der Waals surface area (Å²) in [6.45, 7) is 0.663. The Hall–Kier alpha value is -0.190. The Labute approximate surface area is 108 Å². The quantitative estimate of drug-likeness (QED) is 0.828. The predicted molar refractivity (Wildman–Crippen MR) is 66.3 cm³/mol. The predicted octanol–water partition coefficient (Wildman–Crippen LogP) is 3.93. The second-order valence-electron chi connectivity index (χ2n) is 3.80. The molecule has 90 valence electrons. The molecule has 1 aromatic rings. The lowest BCUT2D eigenvalue weighted by atomic mass is 9.94. The molecule has 5 heteroatoms. The van der Waals surface area contributed by atoms with Gasteiger partial charge in [-0.1, -0.05) is 28.1 Å². The van der Waals surface area contributed by atoms with Crippen LogP contribution in [0.4, 0.5) is 8.78 Å². The molecule has 1 fully saturated rings. The first kappa shape index (κ1) is 13.9. The summed E-state index contributed by atoms with van der Waals surface area (Å²) in [6, 6.07) is 6.23. The SMILES string of the molecule is Cl.FC1(F)CCCNC1c1ccc(Br)cc1. The number of rotatable bonds is 1. The first-order valence-electron chi connectivity index (χ1n) is 4.96. The van der Waals surface area contributed by atoms with E-state index in [9.17, 15) is 8.78 Å². The summed E-state index contributed by atoms with van der Waals surface area (Å²) in [6.07, 6.45) is 0.515. The Morgan fingerprint density at radius 2 is 1.88 bits per heavy atom. The van der Waals surface area contributed by atoms with Gasteiger partial charge in [0, 0.05) is 10.9 Å². The van der Waals surface area contributed by atoms with Gasteiger partial charge >= 0.3 is 0 Å². The molecule has 0 saturated carbocycles. The van der Waals surface area contributed by atoms with Crippen LogP contribution in [-0.2, 0) is 0 Å². The Morgan fingerprint density at radius 1 is 1.25 bits per heavy atom. The van der Waals surface area contributed by atoms with Gasteiger partial charge in [0.25, 0.3) is 5.92 Å². The van der Waals surface area contributed by atoms with Gasteiger partial charge in [0.05, 0.1) is 6.04 Å². The van der Waals surface area contributed by atoms with Crippen molar-refractivity contribution in [2.45, 2.75) is 24.8 Å². The van der Waals surface area contributed by atoms with Crippen molar-refractivity contribution in [3.63, 3.8) is 0 Å². The average Bonchev–Trinajstić information content (AvgIpc) is 2.19. The van der Waals surface area contributed by atoms with Crippen LogP contribution in [0.5, 0.6) is 0 Å². The second-order valence-corrected chi connectivity index (χ2v) is 4.72. The highest BCUT2D eigenvalue weighted by molar-refractivity contribution is 9.10. The monoisotopic (exact) mass is 311 g/mol. The molecule has 0 bridgehead atoms. The zero-order valence-corrected chi connectivity index (χ0v) is 11.0. The fraction of sp³-hybridized carbons (Fsp3) is 0.455. The van der Waals surface area contributed by atoms with Gasteiger partial charge in [-0.05, 0) is 30.7 Å². The maximum atomic E-state index is 13.6. The molecule has 1 aliphatic heterocycles. The van der Waals surface area contributed by atoms with Gasteiger partial charge in [0.2, 0.25) is 0 Å². The van der Waals surface area contributed by atoms with Gasteiger partial charge < -0.3 is 5.32 Å². The smallest absolute Gasteiger partial charge is 0.267 e. The van der Waals surface area contributed by atoms with Gasteiger partial charge in [0.1, 0.15) is 0 Å². The zero-order chi connectivity index (χ0) is 10.9. The molecule has 1 aromatic carbocycles. The number of hydrogen-bond acceptors (Lipinski definition) is 1. The summed E-state index contributed by atoms with van der Waals surface area (Å²) >= 11 is 3.29. The molecule has 0 aliphatic carbocycles. The summed E-state index contributed by atoms with van der Waals surface area (Å²) in [7, 11) is 0. The number of benzene rings is 1. The number of piperidine rings is 1. The van der Waals surface area contributed by atoms with Crippen molar-refractivity contribution >= 4 is 28.3 Å². The van der Waals surface area contributed by atoms with Crippen LogP contribution >= 0.6 is 28.3 Å². The van der Waals surface area contributed by atoms with E-state index in [0.717, 1.165) is 4.47 Å². The molecule has 2 rings (SSSR count). The highest BCUT2D eigenvalue weighted by atomic mass is 79.9. The van der Waals surface area contributed by atoms with Gasteiger partial charge in [0.15, 0.2) is 0 Å². The highest BCUT2D eigenvalue weighted by Crippen LogP contribution is 2.37. The van der Waals surface area contributed by atoms with Crippen LogP contribution in [0.25, 0.3) is 0 Å². The lowest BCUT2D eigenvalue weighted by Gasteiger charge is -2.32. The van der Waals surface area contributed by atoms with Gasteiger partial charge in [-0.25, -0.2) is 8.78 Å². The molecule has 0 radical (unpaired) electrons. The van der Waals surface area contributed by atoms with E-state index < -0.39 is 12.0 Å². The number of hydrogen-bond donors (Lipinski definition) is 1. The van der Waals surface area contributed by atoms with Crippen molar-refractivity contribution in [2.24, 2.45) is 0 Å². The van der Waals surface area contributed by atoms with E-state index in [2.05, 4.69) is 21.2 Å². The largest absolute Gasteiger partial charge is 0.305 e. The molecule has 0 aromatic heterocycles. The third kappa shape index (κ3) is 2.93. The normalized spacial score (nSPS) is 23.6. The van der Waals surface area contributed by atoms with Crippen molar-refractivity contribution in [3.05, 3.63) is 34.3 Å². The fourth-order valence-corrected chi connectivity index (χ4v) is 2.15. The fourth-order valence-electron chi connectivity index (χ4n) is 1.88. The molecule has 1 N–H and O–H groups in total. The summed E-state index contributed by atoms with van der Waals surface area (Å²) in [5, 5.41) is 2.88. The molecule has 1 nitrogen and oxygen atoms in total. The Bertz CT molecular complexity index is 342. The first-order chi connectivity index (χ1) is 7.09. The van der Waals surface area contributed by atoms with Crippen LogP contribution in [0.15, 0.2) is 28.7 Å². The van der Waals surface area contributed by atoms with E-state index in [-0.39, 0.29) is 18.8 Å². The molecule has 1 saturated heterocycles. The van der Waals surface area contributed by atoms with Crippen molar-refractivity contribution in [3.8, 4) is 0 Å². The average molecular weight is 313 g/mol. The Balaban J connectivity index is 0.00000128. The van der Waals surface area contributed by atoms with Crippen molar-refractivity contribution in [2.75, 3.05) is 6.54 Å². The minimum atomic E-state index is -2.63. The van der Waals surface area contributed by atoms with E-state index in [1.807, 2.05) is 0 Å². The van der Waals surface area contributed by atoms with Crippen LogP contribution in [0.2, 0.25) is 0 Å². The van der Waals surface area contributed by atoms with E-state index >= 15 is 0 Å². The maximum absolute atomic E-state index is 13.6. The zero-order valence-electron chi connectivity index (χ0n) is 8.55. The van der Waals surface area contributed by atoms with E-state index in [1.165, 1.54) is 0 Å². The van der Waals surface area contributed by atoms with Gasteiger partial charge in [-0.15, -0.1) is 12.4 Å². The van der Waals surface area contributed by atoms with Gasteiger partial charge in [-0.2, -0.15) is 0 Å². The van der Waals surface area contributed by atoms with E-state index in [0.29, 0.717) is 18.5 Å². The summed E-state index contributed by atoms with van der Waals surface area (Å²) in [5.74, 6) is -2.63. The van der Waals surface area contributed by atoms with Crippen LogP contribution in [0.1, 0.15) is 24.4 Å². The molecule has 0 amide bonds. The van der Waals surface area contributed by atoms with Crippen molar-refractivity contribution < 1.29 is 8.78 Å². The number of nitrogens with one attached hydrogen (secondary N) is 1. The summed E-state index contributed by atoms with van der Waals surface area (Å²) in [4.78, 5) is 0. The Kier molecular flexibility index (Phi) is 4.71. The lowest BCUT2D eigenvalue weighted by molar-refractivity contribution is -0.0619. The molecule has 1 atom stereocenters. The van der Waals surface area contributed by atoms with Crippen LogP contribution < -0.4 is 5.32 Å². The molecule has 1 heterocycles. The van der Waals surface area contributed by atoms with E-state index in [4.69, 9.17) is 0 Å². The van der Waals surface area contributed by atoms with Crippen LogP contribution in [0.3, 0.4) is 0 Å². The topological polar surface area (TPSA) is 12.0 Å². The molecule has 16 heavy (non-hydrogen) atoms. The minimum Gasteiger partial charge on any atom is -0.305 e. The summed E-state index contributed by atoms with van der Waals surface area (Å²) < 4.78 is 28.1. The summed E-state index contributed by atoms with van der Waals surface area (Å²) in [5.41, 5.74) is 0.655. The molecular formula is C11H13BrClF2N. The number of alkyl halides is 2. The van der Waals surface area contributed by atoms with Crippen molar-refractivity contribution in [1.82, 2.24) is 5.32 Å². The van der Waals surface area contributed by atoms with E-state index in [1.54, 1.807) is 24.3 Å². The maximum Gasteiger partial charge on any atom is 0.267 e. The Morgan fingerprint density at radius 3 is 2.44 bits per heavy atom. The molecule has 0 spiro atoms. The minimum absolute atomic E-state index is 0. The molecule has 1 unspecified atom stereocenters. The third-order valence-corrected chi connectivity index (χ3v) is 3.19. The van der Waals surface area contributed by atoms with Gasteiger partial charge in [-0.3, -0.25) is 0 Å². The molecular weight excluding hydrogens is 299 g/mol. The van der Waals surface area contributed by atoms with Crippen LogP contribution in [0, 0.1) is 0 Å². The van der Waals surface area contributed by atoms with Crippen LogP contribution in [-0.4, -0.2) is 12.5 Å². The lowest BCUT2D eigenvalue weighted by Crippen LogP contribution is -2.42. The molecule has 1 aliphatic rings. The highest BCUT2D eigenvalue weighted by Gasteiger charge is 2.42. The standard InChI is InChI=1S/C11H12BrF2N.ClH/c12-9-4-2-8(3-5-9)10-11(13,14)6-1-7-15-10;/h2-5,10,15H,1,6-7H2;1H. The number of halogens is 4. The third-order valence-electron chi connectivity index (χ3n) is 2.66. The first-order valence-corrected chi connectivity index (χ1v) is 5.75.